The first-order valence-corrected chi connectivity index (χ1v) is 7.87. The largest absolute Gasteiger partial charge is 0.443 e. The summed E-state index contributed by atoms with van der Waals surface area (Å²) < 4.78 is 10.7. The quantitative estimate of drug-likeness (QED) is 0.803. The Hall–Kier alpha value is -2.86. The molecule has 0 spiro atoms. The number of rotatable bonds is 3. The van der Waals surface area contributed by atoms with Crippen molar-refractivity contribution in [2.75, 3.05) is 36.5 Å². The predicted octanol–water partition coefficient (Wildman–Crippen LogP) is 2.92. The van der Waals surface area contributed by atoms with Crippen LogP contribution in [0.5, 0.6) is 0 Å². The van der Waals surface area contributed by atoms with Gasteiger partial charge in [-0.15, -0.1) is 0 Å². The number of hydrogen-bond donors (Lipinski definition) is 1. The number of fused-ring (bicyclic) bond motifs is 1. The Balaban J connectivity index is 1.59. The molecule has 1 aliphatic rings. The number of carbonyl (C=O) groups excluding carboxylic acids is 1. The lowest BCUT2D eigenvalue weighted by Gasteiger charge is -2.30. The molecule has 1 aliphatic heterocycles. The monoisotopic (exact) mass is 323 g/mol. The second-order valence-electron chi connectivity index (χ2n) is 5.61. The van der Waals surface area contributed by atoms with E-state index < -0.39 is 0 Å². The van der Waals surface area contributed by atoms with Crippen LogP contribution >= 0.6 is 0 Å². The zero-order chi connectivity index (χ0) is 16.4. The van der Waals surface area contributed by atoms with E-state index in [9.17, 15) is 4.79 Å². The van der Waals surface area contributed by atoms with E-state index in [1.54, 1.807) is 18.2 Å². The molecule has 1 amide bonds. The fourth-order valence-corrected chi connectivity index (χ4v) is 2.85. The highest BCUT2D eigenvalue weighted by Gasteiger charge is 2.16. The number of nitrogens with one attached hydrogen (secondary N) is 1. The summed E-state index contributed by atoms with van der Waals surface area (Å²) >= 11 is 0. The number of carbonyl (C=O) groups is 1. The smallest absolute Gasteiger partial charge is 0.255 e. The van der Waals surface area contributed by atoms with Crippen LogP contribution in [0.2, 0.25) is 0 Å². The van der Waals surface area contributed by atoms with Crippen LogP contribution in [-0.4, -0.2) is 37.2 Å². The van der Waals surface area contributed by atoms with Gasteiger partial charge in [-0.05, 0) is 30.3 Å². The molecule has 1 aromatic heterocycles. The SMILES string of the molecule is O=C(Nc1ccccc1N1CCOCC1)c1ccc2ncoc2c1. The van der Waals surface area contributed by atoms with E-state index >= 15 is 0 Å². The van der Waals surface area contributed by atoms with Crippen molar-refractivity contribution in [2.24, 2.45) is 0 Å². The molecule has 0 saturated carbocycles. The summed E-state index contributed by atoms with van der Waals surface area (Å²) in [5.74, 6) is -0.172. The molecule has 122 valence electrons. The highest BCUT2D eigenvalue weighted by molar-refractivity contribution is 6.07. The molecular weight excluding hydrogens is 306 g/mol. The zero-order valence-electron chi connectivity index (χ0n) is 13.1. The summed E-state index contributed by atoms with van der Waals surface area (Å²) in [5.41, 5.74) is 3.68. The van der Waals surface area contributed by atoms with Crippen LogP contribution in [0.4, 0.5) is 11.4 Å². The van der Waals surface area contributed by atoms with E-state index in [0.717, 1.165) is 30.0 Å². The van der Waals surface area contributed by atoms with E-state index in [0.29, 0.717) is 24.4 Å². The average molecular weight is 323 g/mol. The topological polar surface area (TPSA) is 67.6 Å². The molecule has 1 saturated heterocycles. The minimum absolute atomic E-state index is 0.172. The summed E-state index contributed by atoms with van der Waals surface area (Å²) in [6.45, 7) is 3.03. The molecule has 0 unspecified atom stereocenters. The lowest BCUT2D eigenvalue weighted by atomic mass is 10.1. The Bertz CT molecular complexity index is 869. The number of ether oxygens (including phenoxy) is 1. The van der Waals surface area contributed by atoms with Gasteiger partial charge in [-0.2, -0.15) is 0 Å². The fourth-order valence-electron chi connectivity index (χ4n) is 2.85. The molecular formula is C18H17N3O3. The number of anilines is 2. The summed E-state index contributed by atoms with van der Waals surface area (Å²) in [7, 11) is 0. The number of aromatic nitrogens is 1. The molecule has 6 heteroatoms. The summed E-state index contributed by atoms with van der Waals surface area (Å²) in [6.07, 6.45) is 1.38. The molecule has 2 aromatic carbocycles. The van der Waals surface area contributed by atoms with Crippen molar-refractivity contribution in [1.82, 2.24) is 4.98 Å². The first-order valence-electron chi connectivity index (χ1n) is 7.87. The highest BCUT2D eigenvalue weighted by atomic mass is 16.5. The second-order valence-corrected chi connectivity index (χ2v) is 5.61. The fraction of sp³-hybridized carbons (Fsp3) is 0.222. The van der Waals surface area contributed by atoms with Crippen LogP contribution in [0.25, 0.3) is 11.1 Å². The van der Waals surface area contributed by atoms with Crippen molar-refractivity contribution in [3.05, 3.63) is 54.4 Å². The van der Waals surface area contributed by atoms with Gasteiger partial charge in [0.15, 0.2) is 12.0 Å². The maximum Gasteiger partial charge on any atom is 0.255 e. The van der Waals surface area contributed by atoms with Gasteiger partial charge in [0.1, 0.15) is 5.52 Å². The van der Waals surface area contributed by atoms with Crippen LogP contribution in [0.1, 0.15) is 10.4 Å². The van der Waals surface area contributed by atoms with Gasteiger partial charge in [-0.25, -0.2) is 4.98 Å². The summed E-state index contributed by atoms with van der Waals surface area (Å²) in [4.78, 5) is 18.9. The third-order valence-electron chi connectivity index (χ3n) is 4.10. The lowest BCUT2D eigenvalue weighted by molar-refractivity contribution is 0.102. The minimum atomic E-state index is -0.172. The Kier molecular flexibility index (Phi) is 3.88. The van der Waals surface area contributed by atoms with Gasteiger partial charge in [-0.3, -0.25) is 4.79 Å². The average Bonchev–Trinajstić information content (AvgIpc) is 3.10. The van der Waals surface area contributed by atoms with E-state index in [2.05, 4.69) is 15.2 Å². The third kappa shape index (κ3) is 2.83. The molecule has 4 rings (SSSR count). The number of amides is 1. The standard InChI is InChI=1S/C18H17N3O3/c22-18(13-5-6-15-17(11-13)24-12-19-15)20-14-3-1-2-4-16(14)21-7-9-23-10-8-21/h1-6,11-12H,7-10H2,(H,20,22). The number of morpholine rings is 1. The van der Waals surface area contributed by atoms with E-state index in [1.165, 1.54) is 6.39 Å². The van der Waals surface area contributed by atoms with Crippen molar-refractivity contribution in [3.63, 3.8) is 0 Å². The van der Waals surface area contributed by atoms with Crippen molar-refractivity contribution < 1.29 is 13.9 Å². The number of para-hydroxylation sites is 2. The van der Waals surface area contributed by atoms with Gasteiger partial charge in [-0.1, -0.05) is 12.1 Å². The Labute approximate surface area is 139 Å². The molecule has 0 bridgehead atoms. The maximum atomic E-state index is 12.6. The van der Waals surface area contributed by atoms with Crippen molar-refractivity contribution >= 4 is 28.4 Å². The summed E-state index contributed by atoms with van der Waals surface area (Å²) in [5, 5.41) is 3.00. The Morgan fingerprint density at radius 2 is 1.96 bits per heavy atom. The molecule has 1 N–H and O–H groups in total. The van der Waals surface area contributed by atoms with Gasteiger partial charge < -0.3 is 19.4 Å². The molecule has 2 heterocycles. The van der Waals surface area contributed by atoms with Crippen LogP contribution in [0, 0.1) is 0 Å². The number of benzene rings is 2. The van der Waals surface area contributed by atoms with Gasteiger partial charge in [0, 0.05) is 18.7 Å². The normalized spacial score (nSPS) is 14.8. The summed E-state index contributed by atoms with van der Waals surface area (Å²) in [6, 6.07) is 13.0. The van der Waals surface area contributed by atoms with Gasteiger partial charge in [0.2, 0.25) is 0 Å². The first-order chi connectivity index (χ1) is 11.8. The molecule has 3 aromatic rings. The van der Waals surface area contributed by atoms with Crippen molar-refractivity contribution in [2.45, 2.75) is 0 Å². The minimum Gasteiger partial charge on any atom is -0.443 e. The van der Waals surface area contributed by atoms with E-state index in [1.807, 2.05) is 24.3 Å². The molecule has 0 radical (unpaired) electrons. The number of nitrogens with zero attached hydrogens (tertiary/aromatic N) is 2. The highest BCUT2D eigenvalue weighted by Crippen LogP contribution is 2.27. The molecule has 1 fully saturated rings. The van der Waals surface area contributed by atoms with Gasteiger partial charge in [0.25, 0.3) is 5.91 Å². The number of oxazole rings is 1. The van der Waals surface area contributed by atoms with Gasteiger partial charge >= 0.3 is 0 Å². The lowest BCUT2D eigenvalue weighted by Crippen LogP contribution is -2.36. The van der Waals surface area contributed by atoms with Crippen LogP contribution in [-0.2, 0) is 4.74 Å². The zero-order valence-corrected chi connectivity index (χ0v) is 13.1. The third-order valence-corrected chi connectivity index (χ3v) is 4.10. The van der Waals surface area contributed by atoms with Crippen LogP contribution in [0.15, 0.2) is 53.3 Å². The molecule has 0 aliphatic carbocycles. The van der Waals surface area contributed by atoms with E-state index in [4.69, 9.17) is 9.15 Å². The van der Waals surface area contributed by atoms with Crippen LogP contribution in [0.3, 0.4) is 0 Å². The Morgan fingerprint density at radius 3 is 2.83 bits per heavy atom. The maximum absolute atomic E-state index is 12.6. The van der Waals surface area contributed by atoms with E-state index in [-0.39, 0.29) is 5.91 Å². The van der Waals surface area contributed by atoms with Crippen LogP contribution < -0.4 is 10.2 Å². The first kappa shape index (κ1) is 14.7. The number of hydrogen-bond acceptors (Lipinski definition) is 5. The second kappa shape index (κ2) is 6.33. The molecule has 0 atom stereocenters. The van der Waals surface area contributed by atoms with Crippen molar-refractivity contribution in [1.29, 1.82) is 0 Å². The molecule has 24 heavy (non-hydrogen) atoms. The van der Waals surface area contributed by atoms with Gasteiger partial charge in [0.05, 0.1) is 24.6 Å². The molecule has 6 nitrogen and oxygen atoms in total. The van der Waals surface area contributed by atoms with Crippen molar-refractivity contribution in [3.8, 4) is 0 Å². The predicted molar refractivity (Wildman–Crippen MR) is 91.4 cm³/mol. The Morgan fingerprint density at radius 1 is 1.12 bits per heavy atom.